The minimum absolute atomic E-state index is 0.213. The highest BCUT2D eigenvalue weighted by molar-refractivity contribution is 7.63. The highest BCUT2D eigenvalue weighted by Crippen LogP contribution is 2.32. The van der Waals surface area contributed by atoms with Crippen LogP contribution < -0.4 is 0 Å². The monoisotopic (exact) mass is 144 g/mol. The van der Waals surface area contributed by atoms with Gasteiger partial charge in [0.1, 0.15) is 0 Å². The third-order valence-corrected chi connectivity index (χ3v) is 2.57. The zero-order valence-corrected chi connectivity index (χ0v) is 6.40. The third kappa shape index (κ3) is 3.25. The summed E-state index contributed by atoms with van der Waals surface area (Å²) in [5, 5.41) is -0.213. The van der Waals surface area contributed by atoms with Crippen LogP contribution in [0, 0.1) is 0 Å². The number of hydrogen-bond donors (Lipinski definition) is 1. The molecule has 0 fully saturated rings. The van der Waals surface area contributed by atoms with Crippen molar-refractivity contribution in [1.29, 1.82) is 0 Å². The second kappa shape index (κ2) is 3.10. The Morgan fingerprint density at radius 2 is 1.83 bits per heavy atom. The molecule has 5 heteroatoms. The van der Waals surface area contributed by atoms with E-state index >= 15 is 0 Å². The fraction of sp³-hybridized carbons (Fsp3) is 1.00. The Kier molecular flexibility index (Phi) is 3.65. The lowest BCUT2D eigenvalue weighted by Crippen LogP contribution is -1.67. The molecule has 0 aliphatic carbocycles. The van der Waals surface area contributed by atoms with Gasteiger partial charge in [-0.05, 0) is 0 Å². The smallest absolute Gasteiger partial charge is 0.199 e. The Balaban J connectivity index is 3.26. The molecular weight excluding hydrogens is 137 g/mol. The average molecular weight is 144 g/mol. The van der Waals surface area contributed by atoms with Gasteiger partial charge >= 0.3 is 0 Å². The lowest BCUT2D eigenvalue weighted by Gasteiger charge is -1.91. The highest BCUT2D eigenvalue weighted by Gasteiger charge is 1.95. The molecule has 0 aliphatic heterocycles. The van der Waals surface area contributed by atoms with Crippen LogP contribution in [0.1, 0.15) is 0 Å². The molecular formula is CH7O2P3. The van der Waals surface area contributed by atoms with Crippen LogP contribution in [0.25, 0.3) is 0 Å². The maximum absolute atomic E-state index is 9.84. The summed E-state index contributed by atoms with van der Waals surface area (Å²) in [6.07, 6.45) is 0. The molecule has 1 N–H and O–H groups in total. The lowest BCUT2D eigenvalue weighted by atomic mass is 11.9. The Bertz CT molecular complexity index is 59.8. The van der Waals surface area contributed by atoms with Crippen molar-refractivity contribution in [2.75, 3.05) is 0 Å². The van der Waals surface area contributed by atoms with Crippen molar-refractivity contribution in [1.82, 2.24) is 0 Å². The zero-order valence-electron chi connectivity index (χ0n) is 3.09. The summed E-state index contributed by atoms with van der Waals surface area (Å²) in [4.78, 5) is 8.13. The Morgan fingerprint density at radius 3 is 1.83 bits per heavy atom. The van der Waals surface area contributed by atoms with Crippen LogP contribution in [-0.4, -0.2) is 10.0 Å². The third-order valence-electron chi connectivity index (χ3n) is 0.285. The van der Waals surface area contributed by atoms with Crippen molar-refractivity contribution in [3.05, 3.63) is 0 Å². The van der Waals surface area contributed by atoms with Gasteiger partial charge in [0.15, 0.2) is 8.03 Å². The average Bonchev–Trinajstić information content (AvgIpc) is 1.36. The van der Waals surface area contributed by atoms with E-state index in [0.717, 1.165) is 0 Å². The lowest BCUT2D eigenvalue weighted by molar-refractivity contribution is 0.506. The molecule has 0 heterocycles. The molecule has 6 heavy (non-hydrogen) atoms. The molecule has 0 spiro atoms. The van der Waals surface area contributed by atoms with Gasteiger partial charge in [0.2, 0.25) is 0 Å². The fourth-order valence-corrected chi connectivity index (χ4v) is 0. The van der Waals surface area contributed by atoms with Crippen molar-refractivity contribution in [2.24, 2.45) is 0 Å². The molecule has 0 saturated carbocycles. The van der Waals surface area contributed by atoms with E-state index in [0.29, 0.717) is 0 Å². The SMILES string of the molecule is O=[PH](O)C(P)P. The van der Waals surface area contributed by atoms with Gasteiger partial charge < -0.3 is 4.89 Å². The maximum Gasteiger partial charge on any atom is 0.199 e. The topological polar surface area (TPSA) is 37.3 Å². The highest BCUT2D eigenvalue weighted by atomic mass is 31.2. The molecule has 0 bridgehead atoms. The zero-order chi connectivity index (χ0) is 5.15. The second-order valence-corrected chi connectivity index (χ2v) is 5.75. The summed E-state index contributed by atoms with van der Waals surface area (Å²) in [6, 6.07) is 0. The fourth-order valence-electron chi connectivity index (χ4n) is 0. The van der Waals surface area contributed by atoms with E-state index in [9.17, 15) is 4.57 Å². The summed E-state index contributed by atoms with van der Waals surface area (Å²) >= 11 is 0. The minimum Gasteiger partial charge on any atom is -0.346 e. The Labute approximate surface area is 42.0 Å². The summed E-state index contributed by atoms with van der Waals surface area (Å²) in [5.74, 6) is 0. The summed E-state index contributed by atoms with van der Waals surface area (Å²) in [6.45, 7) is 0. The predicted octanol–water partition coefficient (Wildman–Crippen LogP) is 0.487. The molecule has 0 radical (unpaired) electrons. The van der Waals surface area contributed by atoms with Crippen LogP contribution >= 0.6 is 26.5 Å². The van der Waals surface area contributed by atoms with Crippen LogP contribution in [0.2, 0.25) is 0 Å². The van der Waals surface area contributed by atoms with Crippen molar-refractivity contribution < 1.29 is 9.46 Å². The number of rotatable bonds is 1. The first kappa shape index (κ1) is 7.05. The van der Waals surface area contributed by atoms with Crippen molar-refractivity contribution in [3.8, 4) is 0 Å². The van der Waals surface area contributed by atoms with Gasteiger partial charge in [-0.3, -0.25) is 4.57 Å². The molecule has 3 unspecified atom stereocenters. The predicted molar refractivity (Wildman–Crippen MR) is 34.4 cm³/mol. The van der Waals surface area contributed by atoms with E-state index in [1.54, 1.807) is 0 Å². The van der Waals surface area contributed by atoms with Gasteiger partial charge in [0.05, 0.1) is 5.14 Å². The van der Waals surface area contributed by atoms with E-state index < -0.39 is 8.03 Å². The van der Waals surface area contributed by atoms with E-state index in [1.165, 1.54) is 0 Å². The van der Waals surface area contributed by atoms with E-state index in [-0.39, 0.29) is 5.14 Å². The standard InChI is InChI=1S/CH7O2P3/c2-6(3)1(4)5/h1,6H,4-5H2,(H,2,3). The van der Waals surface area contributed by atoms with Gasteiger partial charge in [0, 0.05) is 0 Å². The normalized spacial score (nSPS) is 15.3. The van der Waals surface area contributed by atoms with E-state index in [4.69, 9.17) is 4.89 Å². The summed E-state index contributed by atoms with van der Waals surface area (Å²) in [7, 11) is 2.16. The van der Waals surface area contributed by atoms with Crippen molar-refractivity contribution in [2.45, 2.75) is 5.14 Å². The molecule has 0 aromatic heterocycles. The van der Waals surface area contributed by atoms with Crippen LogP contribution in [0.5, 0.6) is 0 Å². The van der Waals surface area contributed by atoms with E-state index in [2.05, 4.69) is 18.5 Å². The first-order valence-electron chi connectivity index (χ1n) is 1.38. The molecule has 0 aromatic carbocycles. The van der Waals surface area contributed by atoms with Gasteiger partial charge in [-0.15, -0.1) is 18.5 Å². The first-order valence-corrected chi connectivity index (χ1v) is 4.15. The molecule has 0 amide bonds. The molecule has 0 aromatic rings. The Morgan fingerprint density at radius 1 is 1.67 bits per heavy atom. The summed E-state index contributed by atoms with van der Waals surface area (Å²) in [5.41, 5.74) is 0. The van der Waals surface area contributed by atoms with Crippen LogP contribution in [0.3, 0.4) is 0 Å². The van der Waals surface area contributed by atoms with Gasteiger partial charge in [-0.25, -0.2) is 0 Å². The second-order valence-electron chi connectivity index (χ2n) is 0.864. The van der Waals surface area contributed by atoms with Crippen LogP contribution in [0.4, 0.5) is 0 Å². The maximum atomic E-state index is 9.84. The Hall–Kier alpha value is 1.05. The van der Waals surface area contributed by atoms with Crippen LogP contribution in [0.15, 0.2) is 0 Å². The molecule has 38 valence electrons. The molecule has 2 nitrogen and oxygen atoms in total. The van der Waals surface area contributed by atoms with E-state index in [1.807, 2.05) is 0 Å². The van der Waals surface area contributed by atoms with Crippen molar-refractivity contribution in [3.63, 3.8) is 0 Å². The number of hydrogen-bond acceptors (Lipinski definition) is 1. The molecule has 3 atom stereocenters. The van der Waals surface area contributed by atoms with Gasteiger partial charge in [-0.2, -0.15) is 0 Å². The van der Waals surface area contributed by atoms with Gasteiger partial charge in [0.25, 0.3) is 0 Å². The minimum atomic E-state index is -2.28. The molecule has 0 saturated heterocycles. The van der Waals surface area contributed by atoms with Gasteiger partial charge in [-0.1, -0.05) is 0 Å². The summed E-state index contributed by atoms with van der Waals surface area (Å²) < 4.78 is 9.84. The molecule has 0 rings (SSSR count). The van der Waals surface area contributed by atoms with Crippen LogP contribution in [-0.2, 0) is 4.57 Å². The quantitative estimate of drug-likeness (QED) is 0.543. The molecule has 0 aliphatic rings. The first-order chi connectivity index (χ1) is 2.64. The largest absolute Gasteiger partial charge is 0.346 e. The van der Waals surface area contributed by atoms with Crippen molar-refractivity contribution >= 4 is 26.5 Å².